The average Bonchev–Trinajstić information content (AvgIpc) is 2.62. The number of hydrogen-bond donors (Lipinski definition) is 0. The van der Waals surface area contributed by atoms with Crippen molar-refractivity contribution in [3.8, 4) is 6.07 Å². The normalized spacial score (nSPS) is 11.1. The Kier molecular flexibility index (Phi) is 4.49. The number of benzene rings is 2. The first-order valence-corrected chi connectivity index (χ1v) is 8.05. The summed E-state index contributed by atoms with van der Waals surface area (Å²) in [6.07, 6.45) is 2.02. The minimum atomic E-state index is -0.905. The molecule has 0 bridgehead atoms. The van der Waals surface area contributed by atoms with Crippen molar-refractivity contribution >= 4 is 16.7 Å². The zero-order valence-corrected chi connectivity index (χ0v) is 14.2. The van der Waals surface area contributed by atoms with Gasteiger partial charge in [-0.25, -0.2) is 4.79 Å². The highest BCUT2D eigenvalue weighted by atomic mass is 16.6. The number of nitrogens with zero attached hydrogens (tertiary/aromatic N) is 2. The number of fused-ring (bicyclic) bond motifs is 1. The molecule has 0 radical (unpaired) electrons. The molecule has 0 N–H and O–H groups in total. The lowest BCUT2D eigenvalue weighted by atomic mass is 9.95. The van der Waals surface area contributed by atoms with Crippen molar-refractivity contribution in [2.75, 3.05) is 0 Å². The van der Waals surface area contributed by atoms with Crippen LogP contribution in [0.25, 0.3) is 10.8 Å². The number of ether oxygens (including phenoxy) is 1. The number of rotatable bonds is 4. The van der Waals surface area contributed by atoms with Gasteiger partial charge in [0.1, 0.15) is 5.60 Å². The molecule has 0 aliphatic rings. The van der Waals surface area contributed by atoms with Crippen LogP contribution in [-0.2, 0) is 16.8 Å². The smallest absolute Gasteiger partial charge is 0.339 e. The van der Waals surface area contributed by atoms with Crippen LogP contribution >= 0.6 is 0 Å². The Bertz CT molecular complexity index is 957. The molecule has 3 rings (SSSR count). The van der Waals surface area contributed by atoms with E-state index in [1.54, 1.807) is 30.5 Å². The van der Waals surface area contributed by atoms with E-state index in [0.29, 0.717) is 17.7 Å². The van der Waals surface area contributed by atoms with Gasteiger partial charge in [-0.1, -0.05) is 36.4 Å². The lowest BCUT2D eigenvalue weighted by Crippen LogP contribution is -2.27. The third-order valence-corrected chi connectivity index (χ3v) is 4.09. The maximum Gasteiger partial charge on any atom is 0.339 e. The molecule has 4 heteroatoms. The molecule has 124 valence electrons. The first-order chi connectivity index (χ1) is 12.0. The van der Waals surface area contributed by atoms with Gasteiger partial charge in [0.15, 0.2) is 0 Å². The second-order valence-corrected chi connectivity index (χ2v) is 6.27. The van der Waals surface area contributed by atoms with Gasteiger partial charge < -0.3 is 4.74 Å². The Morgan fingerprint density at radius 3 is 2.56 bits per heavy atom. The molecule has 0 amide bonds. The summed E-state index contributed by atoms with van der Waals surface area (Å²) in [7, 11) is 0. The van der Waals surface area contributed by atoms with Crippen LogP contribution < -0.4 is 0 Å². The monoisotopic (exact) mass is 330 g/mol. The molecule has 0 aliphatic heterocycles. The Morgan fingerprint density at radius 2 is 1.84 bits per heavy atom. The van der Waals surface area contributed by atoms with Crippen molar-refractivity contribution in [3.05, 3.63) is 77.6 Å². The van der Waals surface area contributed by atoms with E-state index in [0.717, 1.165) is 16.3 Å². The summed E-state index contributed by atoms with van der Waals surface area (Å²) < 4.78 is 5.75. The predicted octanol–water partition coefficient (Wildman–Crippen LogP) is 4.39. The van der Waals surface area contributed by atoms with Gasteiger partial charge in [0.25, 0.3) is 0 Å². The van der Waals surface area contributed by atoms with Crippen LogP contribution in [0.5, 0.6) is 0 Å². The highest BCUT2D eigenvalue weighted by Crippen LogP contribution is 2.31. The second kappa shape index (κ2) is 6.74. The Labute approximate surface area is 146 Å². The number of carbonyl (C=O) groups excluding carboxylic acids is 1. The number of esters is 1. The third kappa shape index (κ3) is 3.36. The van der Waals surface area contributed by atoms with Crippen LogP contribution in [0.1, 0.15) is 35.5 Å². The lowest BCUT2D eigenvalue weighted by molar-refractivity contribution is -0.00427. The summed E-state index contributed by atoms with van der Waals surface area (Å²) in [5, 5.41) is 10.9. The molecular weight excluding hydrogens is 312 g/mol. The predicted molar refractivity (Wildman–Crippen MR) is 95.9 cm³/mol. The number of aromatic nitrogens is 1. The number of carbonyl (C=O) groups is 1. The molecule has 0 unspecified atom stereocenters. The van der Waals surface area contributed by atoms with Crippen molar-refractivity contribution < 1.29 is 9.53 Å². The molecule has 0 saturated heterocycles. The van der Waals surface area contributed by atoms with Crippen molar-refractivity contribution in [1.82, 2.24) is 4.98 Å². The minimum absolute atomic E-state index is 0.324. The molecule has 2 aromatic carbocycles. The summed E-state index contributed by atoms with van der Waals surface area (Å²) in [6.45, 7) is 3.65. The summed E-state index contributed by atoms with van der Waals surface area (Å²) in [4.78, 5) is 16.9. The van der Waals surface area contributed by atoms with E-state index in [9.17, 15) is 4.79 Å². The molecular formula is C21H18N2O2. The molecule has 3 aromatic rings. The average molecular weight is 330 g/mol. The highest BCUT2D eigenvalue weighted by molar-refractivity contribution is 5.91. The van der Waals surface area contributed by atoms with Gasteiger partial charge in [-0.05, 0) is 43.0 Å². The van der Waals surface area contributed by atoms with Crippen molar-refractivity contribution in [1.29, 1.82) is 5.26 Å². The number of pyridine rings is 1. The van der Waals surface area contributed by atoms with Gasteiger partial charge in [-0.15, -0.1) is 0 Å². The number of hydrogen-bond acceptors (Lipinski definition) is 4. The molecule has 4 nitrogen and oxygen atoms in total. The molecule has 25 heavy (non-hydrogen) atoms. The van der Waals surface area contributed by atoms with E-state index >= 15 is 0 Å². The number of nitriles is 1. The first-order valence-electron chi connectivity index (χ1n) is 8.05. The van der Waals surface area contributed by atoms with Gasteiger partial charge in [-0.2, -0.15) is 5.26 Å². The van der Waals surface area contributed by atoms with E-state index < -0.39 is 11.6 Å². The van der Waals surface area contributed by atoms with Gasteiger partial charge in [0.05, 0.1) is 23.7 Å². The van der Waals surface area contributed by atoms with E-state index in [2.05, 4.69) is 11.1 Å². The molecule has 0 aliphatic carbocycles. The van der Waals surface area contributed by atoms with E-state index in [1.165, 1.54) is 0 Å². The molecule has 0 saturated carbocycles. The van der Waals surface area contributed by atoms with Crippen molar-refractivity contribution in [2.45, 2.75) is 25.9 Å². The zero-order chi connectivity index (χ0) is 17.9. The third-order valence-electron chi connectivity index (χ3n) is 4.09. The summed E-state index contributed by atoms with van der Waals surface area (Å²) >= 11 is 0. The van der Waals surface area contributed by atoms with Crippen LogP contribution in [0.2, 0.25) is 0 Å². The fraction of sp³-hybridized carbons (Fsp3) is 0.190. The molecule has 0 atom stereocenters. The summed E-state index contributed by atoms with van der Waals surface area (Å²) in [5.41, 5.74) is 1.21. The van der Waals surface area contributed by atoms with Crippen LogP contribution in [0, 0.1) is 11.3 Å². The maximum absolute atomic E-state index is 12.4. The first kappa shape index (κ1) is 16.7. The molecule has 1 heterocycles. The quantitative estimate of drug-likeness (QED) is 0.665. The SMILES string of the molecule is CC(C)(OC(=O)c1ccccc1)c1nccc2c(CC#N)cccc12. The van der Waals surface area contributed by atoms with Crippen molar-refractivity contribution in [3.63, 3.8) is 0 Å². The molecule has 0 spiro atoms. The van der Waals surface area contributed by atoms with Crippen LogP contribution in [-0.4, -0.2) is 11.0 Å². The van der Waals surface area contributed by atoms with Crippen LogP contribution in [0.4, 0.5) is 0 Å². The lowest BCUT2D eigenvalue weighted by Gasteiger charge is -2.26. The fourth-order valence-corrected chi connectivity index (χ4v) is 2.90. The highest BCUT2D eigenvalue weighted by Gasteiger charge is 2.29. The van der Waals surface area contributed by atoms with Gasteiger partial charge in [0.2, 0.25) is 0 Å². The van der Waals surface area contributed by atoms with E-state index in [4.69, 9.17) is 10.00 Å². The van der Waals surface area contributed by atoms with Gasteiger partial charge in [-0.3, -0.25) is 4.98 Å². The van der Waals surface area contributed by atoms with E-state index in [1.807, 2.05) is 44.2 Å². The molecule has 1 aromatic heterocycles. The summed E-state index contributed by atoms with van der Waals surface area (Å²) in [6, 6.07) is 18.7. The minimum Gasteiger partial charge on any atom is -0.450 e. The van der Waals surface area contributed by atoms with E-state index in [-0.39, 0.29) is 0 Å². The van der Waals surface area contributed by atoms with Crippen molar-refractivity contribution in [2.24, 2.45) is 0 Å². The zero-order valence-electron chi connectivity index (χ0n) is 14.2. The van der Waals surface area contributed by atoms with Gasteiger partial charge >= 0.3 is 5.97 Å². The Balaban J connectivity index is 2.01. The molecule has 0 fully saturated rings. The maximum atomic E-state index is 12.4. The van der Waals surface area contributed by atoms with Crippen LogP contribution in [0.3, 0.4) is 0 Å². The van der Waals surface area contributed by atoms with Crippen LogP contribution in [0.15, 0.2) is 60.8 Å². The largest absolute Gasteiger partial charge is 0.450 e. The summed E-state index contributed by atoms with van der Waals surface area (Å²) in [5.74, 6) is -0.391. The fourth-order valence-electron chi connectivity index (χ4n) is 2.90. The Morgan fingerprint density at radius 1 is 1.08 bits per heavy atom. The topological polar surface area (TPSA) is 63.0 Å². The Hall–Kier alpha value is -3.19. The second-order valence-electron chi connectivity index (χ2n) is 6.27. The van der Waals surface area contributed by atoms with Gasteiger partial charge in [0, 0.05) is 11.6 Å². The standard InChI is InChI=1S/C21H18N2O2/c1-21(2,25-20(24)16-7-4-3-5-8-16)19-18-10-6-9-15(11-13-22)17(18)12-14-23-19/h3-10,12,14H,11H2,1-2H3.